The summed E-state index contributed by atoms with van der Waals surface area (Å²) in [6, 6.07) is 5.71. The normalized spacial score (nSPS) is 14.8. The predicted octanol–water partition coefficient (Wildman–Crippen LogP) is 2.15. The van der Waals surface area contributed by atoms with Gasteiger partial charge in [-0.05, 0) is 23.8 Å². The van der Waals surface area contributed by atoms with E-state index in [0.717, 1.165) is 48.1 Å². The van der Waals surface area contributed by atoms with Crippen LogP contribution in [-0.4, -0.2) is 68.3 Å². The van der Waals surface area contributed by atoms with Crippen LogP contribution < -0.4 is 19.7 Å². The van der Waals surface area contributed by atoms with Gasteiger partial charge >= 0.3 is 0 Å². The van der Waals surface area contributed by atoms with Crippen LogP contribution in [0.1, 0.15) is 5.56 Å². The zero-order valence-corrected chi connectivity index (χ0v) is 17.9. The number of guanidine groups is 1. The summed E-state index contributed by atoms with van der Waals surface area (Å²) in [5.41, 5.74) is 1.06. The van der Waals surface area contributed by atoms with Gasteiger partial charge in [0.2, 0.25) is 5.95 Å². The summed E-state index contributed by atoms with van der Waals surface area (Å²) in [6.07, 6.45) is 3.55. The van der Waals surface area contributed by atoms with Crippen molar-refractivity contribution >= 4 is 27.8 Å². The molecule has 150 valence electrons. The highest BCUT2D eigenvalue weighted by molar-refractivity contribution is 9.10. The van der Waals surface area contributed by atoms with E-state index in [4.69, 9.17) is 9.47 Å². The minimum absolute atomic E-state index is 0.621. The molecule has 1 aromatic heterocycles. The van der Waals surface area contributed by atoms with Crippen LogP contribution >= 0.6 is 15.9 Å². The lowest BCUT2D eigenvalue weighted by Gasteiger charge is -2.36. The fourth-order valence-electron chi connectivity index (χ4n) is 3.11. The molecule has 1 aliphatic rings. The molecule has 0 unspecified atom stereocenters. The van der Waals surface area contributed by atoms with Crippen molar-refractivity contribution in [2.45, 2.75) is 6.54 Å². The number of nitrogens with zero attached hydrogens (tertiary/aromatic N) is 5. The molecule has 8 nitrogen and oxygen atoms in total. The van der Waals surface area contributed by atoms with Gasteiger partial charge in [-0.3, -0.25) is 4.99 Å². The standard InChI is InChI=1S/C19H25BrN6O2/c1-21-18(24-13-14-11-16(27-2)17(28-3)12-15(14)20)25-7-9-26(10-8-25)19-22-5-4-6-23-19/h4-6,11-12H,7-10,13H2,1-3H3,(H,21,24). The van der Waals surface area contributed by atoms with Crippen molar-refractivity contribution in [1.82, 2.24) is 20.2 Å². The second-order valence-corrected chi connectivity index (χ2v) is 7.08. The van der Waals surface area contributed by atoms with Crippen LogP contribution in [-0.2, 0) is 6.54 Å². The average molecular weight is 449 g/mol. The highest BCUT2D eigenvalue weighted by Gasteiger charge is 2.21. The summed E-state index contributed by atoms with van der Waals surface area (Å²) in [4.78, 5) is 17.5. The van der Waals surface area contributed by atoms with Gasteiger partial charge in [-0.25, -0.2) is 9.97 Å². The van der Waals surface area contributed by atoms with E-state index in [0.29, 0.717) is 18.0 Å². The molecule has 0 saturated carbocycles. The summed E-state index contributed by atoms with van der Waals surface area (Å²) in [7, 11) is 5.07. The first kappa shape index (κ1) is 20.2. The molecule has 0 spiro atoms. The number of ether oxygens (including phenoxy) is 2. The van der Waals surface area contributed by atoms with Crippen molar-refractivity contribution in [3.05, 3.63) is 40.6 Å². The molecule has 1 fully saturated rings. The third-order valence-electron chi connectivity index (χ3n) is 4.62. The lowest BCUT2D eigenvalue weighted by molar-refractivity contribution is 0.354. The van der Waals surface area contributed by atoms with Crippen LogP contribution in [0.5, 0.6) is 11.5 Å². The fraction of sp³-hybridized carbons (Fsp3) is 0.421. The second kappa shape index (κ2) is 9.59. The van der Waals surface area contributed by atoms with E-state index in [9.17, 15) is 0 Å². The van der Waals surface area contributed by atoms with Gasteiger partial charge in [0.25, 0.3) is 0 Å². The smallest absolute Gasteiger partial charge is 0.225 e. The van der Waals surface area contributed by atoms with E-state index in [1.165, 1.54) is 0 Å². The topological polar surface area (TPSA) is 75.1 Å². The molecular weight excluding hydrogens is 424 g/mol. The Morgan fingerprint density at radius 1 is 1.11 bits per heavy atom. The van der Waals surface area contributed by atoms with Gasteiger partial charge in [-0.2, -0.15) is 0 Å². The number of hydrogen-bond donors (Lipinski definition) is 1. The first-order valence-electron chi connectivity index (χ1n) is 9.04. The Kier molecular flexibility index (Phi) is 6.91. The maximum Gasteiger partial charge on any atom is 0.225 e. The maximum absolute atomic E-state index is 5.40. The molecular formula is C19H25BrN6O2. The molecule has 2 heterocycles. The highest BCUT2D eigenvalue weighted by Crippen LogP contribution is 2.33. The largest absolute Gasteiger partial charge is 0.493 e. The van der Waals surface area contributed by atoms with E-state index in [-0.39, 0.29) is 0 Å². The molecule has 9 heteroatoms. The molecule has 1 N–H and O–H groups in total. The molecule has 0 atom stereocenters. The number of anilines is 1. The Morgan fingerprint density at radius 2 is 1.75 bits per heavy atom. The molecule has 0 bridgehead atoms. The zero-order chi connectivity index (χ0) is 19.9. The molecule has 1 aliphatic heterocycles. The minimum atomic E-state index is 0.621. The fourth-order valence-corrected chi connectivity index (χ4v) is 3.57. The molecule has 0 amide bonds. The van der Waals surface area contributed by atoms with Crippen molar-refractivity contribution in [3.63, 3.8) is 0 Å². The third kappa shape index (κ3) is 4.64. The van der Waals surface area contributed by atoms with Crippen molar-refractivity contribution in [2.24, 2.45) is 4.99 Å². The Labute approximate surface area is 173 Å². The molecule has 0 aliphatic carbocycles. The van der Waals surface area contributed by atoms with Gasteiger partial charge in [0.15, 0.2) is 17.5 Å². The average Bonchev–Trinajstić information content (AvgIpc) is 2.75. The lowest BCUT2D eigenvalue weighted by Crippen LogP contribution is -2.52. The van der Waals surface area contributed by atoms with E-state index < -0.39 is 0 Å². The number of rotatable bonds is 5. The van der Waals surface area contributed by atoms with Crippen LogP contribution in [0.3, 0.4) is 0 Å². The van der Waals surface area contributed by atoms with Gasteiger partial charge in [-0.1, -0.05) is 15.9 Å². The van der Waals surface area contributed by atoms with Gasteiger partial charge in [0.05, 0.1) is 14.2 Å². The van der Waals surface area contributed by atoms with Crippen molar-refractivity contribution in [3.8, 4) is 11.5 Å². The second-order valence-electron chi connectivity index (χ2n) is 6.22. The number of halogens is 1. The Bertz CT molecular complexity index is 810. The van der Waals surface area contributed by atoms with Crippen molar-refractivity contribution in [1.29, 1.82) is 0 Å². The number of aromatic nitrogens is 2. The summed E-state index contributed by atoms with van der Waals surface area (Å²) in [5.74, 6) is 3.05. The summed E-state index contributed by atoms with van der Waals surface area (Å²) in [5, 5.41) is 3.44. The number of piperazine rings is 1. The lowest BCUT2D eigenvalue weighted by atomic mass is 10.2. The van der Waals surface area contributed by atoms with E-state index in [1.807, 2.05) is 18.2 Å². The van der Waals surface area contributed by atoms with Gasteiger partial charge in [0.1, 0.15) is 0 Å². The molecule has 1 saturated heterocycles. The molecule has 2 aromatic rings. The van der Waals surface area contributed by atoms with E-state index in [1.54, 1.807) is 33.7 Å². The maximum atomic E-state index is 5.40. The monoisotopic (exact) mass is 448 g/mol. The molecule has 0 radical (unpaired) electrons. The summed E-state index contributed by atoms with van der Waals surface area (Å²) in [6.45, 7) is 4.03. The van der Waals surface area contributed by atoms with Gasteiger partial charge < -0.3 is 24.6 Å². The minimum Gasteiger partial charge on any atom is -0.493 e. The molecule has 28 heavy (non-hydrogen) atoms. The van der Waals surface area contributed by atoms with Crippen LogP contribution in [0, 0.1) is 0 Å². The van der Waals surface area contributed by atoms with Crippen LogP contribution in [0.2, 0.25) is 0 Å². The number of benzene rings is 1. The Hall–Kier alpha value is -2.55. The zero-order valence-electron chi connectivity index (χ0n) is 16.4. The highest BCUT2D eigenvalue weighted by atomic mass is 79.9. The number of aliphatic imine (C=N–C) groups is 1. The number of hydrogen-bond acceptors (Lipinski definition) is 6. The van der Waals surface area contributed by atoms with Crippen molar-refractivity contribution < 1.29 is 9.47 Å². The quantitative estimate of drug-likeness (QED) is 0.554. The SMILES string of the molecule is CN=C(NCc1cc(OC)c(OC)cc1Br)N1CCN(c2ncccn2)CC1. The first-order chi connectivity index (χ1) is 13.7. The first-order valence-corrected chi connectivity index (χ1v) is 9.83. The molecule has 1 aromatic carbocycles. The van der Waals surface area contributed by atoms with E-state index >= 15 is 0 Å². The van der Waals surface area contributed by atoms with Gasteiger partial charge in [0, 0.05) is 56.6 Å². The Balaban J connectivity index is 1.60. The number of nitrogens with one attached hydrogen (secondary N) is 1. The summed E-state index contributed by atoms with van der Waals surface area (Å²) < 4.78 is 11.7. The third-order valence-corrected chi connectivity index (χ3v) is 5.35. The Morgan fingerprint density at radius 3 is 2.36 bits per heavy atom. The van der Waals surface area contributed by atoms with Crippen molar-refractivity contribution in [2.75, 3.05) is 52.3 Å². The molecule has 3 rings (SSSR count). The summed E-state index contributed by atoms with van der Waals surface area (Å²) >= 11 is 3.60. The number of methoxy groups -OCH3 is 2. The van der Waals surface area contributed by atoms with Gasteiger partial charge in [-0.15, -0.1) is 0 Å². The van der Waals surface area contributed by atoms with Crippen LogP contribution in [0.25, 0.3) is 0 Å². The van der Waals surface area contributed by atoms with Crippen LogP contribution in [0.4, 0.5) is 5.95 Å². The van der Waals surface area contributed by atoms with E-state index in [2.05, 4.69) is 46.0 Å². The predicted molar refractivity (Wildman–Crippen MR) is 113 cm³/mol. The van der Waals surface area contributed by atoms with Crippen LogP contribution in [0.15, 0.2) is 40.1 Å².